The van der Waals surface area contributed by atoms with E-state index in [-0.39, 0.29) is 23.6 Å². The Morgan fingerprint density at radius 1 is 1.00 bits per heavy atom. The molecule has 2 aromatic rings. The Kier molecular flexibility index (Phi) is 5.54. The highest BCUT2D eigenvalue weighted by Crippen LogP contribution is 2.35. The molecule has 0 bridgehead atoms. The molecule has 5 heteroatoms. The highest BCUT2D eigenvalue weighted by Gasteiger charge is 2.25. The van der Waals surface area contributed by atoms with Crippen LogP contribution >= 0.6 is 11.8 Å². The molecule has 1 aliphatic rings. The SMILES string of the molecule is O=C(CNC(=O)[C@H](Sc1ccccc1)c1ccccc1)NC1CC1. The summed E-state index contributed by atoms with van der Waals surface area (Å²) in [5, 5.41) is 5.25. The zero-order chi connectivity index (χ0) is 16.8. The van der Waals surface area contributed by atoms with Crippen molar-refractivity contribution < 1.29 is 9.59 Å². The van der Waals surface area contributed by atoms with E-state index >= 15 is 0 Å². The van der Waals surface area contributed by atoms with Gasteiger partial charge in [-0.1, -0.05) is 48.5 Å². The van der Waals surface area contributed by atoms with Gasteiger partial charge in [-0.15, -0.1) is 11.8 Å². The highest BCUT2D eigenvalue weighted by molar-refractivity contribution is 8.00. The smallest absolute Gasteiger partial charge is 0.239 e. The van der Waals surface area contributed by atoms with Crippen LogP contribution in [-0.2, 0) is 9.59 Å². The van der Waals surface area contributed by atoms with Gasteiger partial charge in [0.05, 0.1) is 6.54 Å². The third-order valence-electron chi connectivity index (χ3n) is 3.70. The number of carbonyl (C=O) groups excluding carboxylic acids is 2. The quantitative estimate of drug-likeness (QED) is 0.762. The van der Waals surface area contributed by atoms with Gasteiger partial charge >= 0.3 is 0 Å². The van der Waals surface area contributed by atoms with E-state index in [2.05, 4.69) is 10.6 Å². The second-order valence-electron chi connectivity index (χ2n) is 5.78. The lowest BCUT2D eigenvalue weighted by Crippen LogP contribution is -2.39. The maximum Gasteiger partial charge on any atom is 0.239 e. The summed E-state index contributed by atoms with van der Waals surface area (Å²) in [6.07, 6.45) is 2.08. The van der Waals surface area contributed by atoms with E-state index in [1.807, 2.05) is 60.7 Å². The lowest BCUT2D eigenvalue weighted by molar-refractivity contribution is -0.125. The number of rotatable bonds is 7. The molecule has 1 fully saturated rings. The van der Waals surface area contributed by atoms with Crippen molar-refractivity contribution >= 4 is 23.6 Å². The number of carbonyl (C=O) groups is 2. The van der Waals surface area contributed by atoms with Crippen LogP contribution in [0, 0.1) is 0 Å². The van der Waals surface area contributed by atoms with Crippen molar-refractivity contribution in [3.63, 3.8) is 0 Å². The van der Waals surface area contributed by atoms with Crippen molar-refractivity contribution in [3.8, 4) is 0 Å². The number of hydrogen-bond acceptors (Lipinski definition) is 3. The van der Waals surface area contributed by atoms with Gasteiger partial charge in [-0.3, -0.25) is 9.59 Å². The standard InChI is InChI=1S/C19H20N2O2S/c22-17(21-15-11-12-15)13-20-19(23)18(14-7-3-1-4-8-14)24-16-9-5-2-6-10-16/h1-10,15,18H,11-13H2,(H,20,23)(H,21,22)/t18-/m1/s1. The van der Waals surface area contributed by atoms with Gasteiger partial charge in [0, 0.05) is 10.9 Å². The molecule has 1 saturated carbocycles. The first-order valence-electron chi connectivity index (χ1n) is 8.06. The molecule has 0 aromatic heterocycles. The molecule has 0 unspecified atom stereocenters. The fraction of sp³-hybridized carbons (Fsp3) is 0.263. The normalized spacial score (nSPS) is 14.7. The number of nitrogens with one attached hydrogen (secondary N) is 2. The Labute approximate surface area is 146 Å². The van der Waals surface area contributed by atoms with E-state index < -0.39 is 0 Å². The predicted octanol–water partition coefficient (Wildman–Crippen LogP) is 2.91. The third kappa shape index (κ3) is 4.86. The number of benzene rings is 2. The van der Waals surface area contributed by atoms with Crippen molar-refractivity contribution in [2.24, 2.45) is 0 Å². The van der Waals surface area contributed by atoms with Crippen LogP contribution in [0.1, 0.15) is 23.7 Å². The lowest BCUT2D eigenvalue weighted by Gasteiger charge is -2.17. The maximum atomic E-state index is 12.6. The van der Waals surface area contributed by atoms with E-state index in [4.69, 9.17) is 0 Å². The minimum absolute atomic E-state index is 0.0218. The van der Waals surface area contributed by atoms with E-state index in [1.165, 1.54) is 11.8 Å². The first-order valence-corrected chi connectivity index (χ1v) is 8.94. The molecule has 2 aromatic carbocycles. The first kappa shape index (κ1) is 16.6. The molecule has 2 N–H and O–H groups in total. The molecular formula is C19H20N2O2S. The topological polar surface area (TPSA) is 58.2 Å². The van der Waals surface area contributed by atoms with E-state index in [9.17, 15) is 9.59 Å². The van der Waals surface area contributed by atoms with Crippen molar-refractivity contribution in [1.82, 2.24) is 10.6 Å². The summed E-state index contributed by atoms with van der Waals surface area (Å²) in [5.41, 5.74) is 0.923. The van der Waals surface area contributed by atoms with Crippen LogP contribution < -0.4 is 10.6 Å². The third-order valence-corrected chi connectivity index (χ3v) is 4.97. The Bertz CT molecular complexity index is 687. The summed E-state index contributed by atoms with van der Waals surface area (Å²) in [6.45, 7) is 0.0218. The molecule has 0 heterocycles. The van der Waals surface area contributed by atoms with Gasteiger partial charge in [-0.25, -0.2) is 0 Å². The fourth-order valence-corrected chi connectivity index (χ4v) is 3.37. The average Bonchev–Trinajstić information content (AvgIpc) is 3.43. The van der Waals surface area contributed by atoms with Crippen LogP contribution in [-0.4, -0.2) is 24.4 Å². The summed E-state index contributed by atoms with van der Waals surface area (Å²) >= 11 is 1.48. The average molecular weight is 340 g/mol. The molecule has 24 heavy (non-hydrogen) atoms. The molecule has 1 atom stereocenters. The molecule has 1 aliphatic carbocycles. The van der Waals surface area contributed by atoms with Crippen LogP contribution in [0.4, 0.5) is 0 Å². The largest absolute Gasteiger partial charge is 0.352 e. The van der Waals surface area contributed by atoms with Crippen LogP contribution in [0.2, 0.25) is 0 Å². The molecule has 2 amide bonds. The van der Waals surface area contributed by atoms with Gasteiger partial charge in [0.25, 0.3) is 0 Å². The molecule has 124 valence electrons. The highest BCUT2D eigenvalue weighted by atomic mass is 32.2. The maximum absolute atomic E-state index is 12.6. The van der Waals surface area contributed by atoms with Gasteiger partial charge in [0.1, 0.15) is 5.25 Å². The molecule has 0 radical (unpaired) electrons. The van der Waals surface area contributed by atoms with Crippen molar-refractivity contribution in [2.45, 2.75) is 29.0 Å². The summed E-state index contributed by atoms with van der Waals surface area (Å²) in [7, 11) is 0. The zero-order valence-electron chi connectivity index (χ0n) is 13.3. The Hall–Kier alpha value is -2.27. The van der Waals surface area contributed by atoms with Gasteiger partial charge in [-0.05, 0) is 30.5 Å². The van der Waals surface area contributed by atoms with Crippen molar-refractivity contribution in [1.29, 1.82) is 0 Å². The Balaban J connectivity index is 1.66. The molecule has 0 saturated heterocycles. The number of amides is 2. The summed E-state index contributed by atoms with van der Waals surface area (Å²) in [4.78, 5) is 25.4. The van der Waals surface area contributed by atoms with Crippen LogP contribution in [0.3, 0.4) is 0 Å². The number of hydrogen-bond donors (Lipinski definition) is 2. The second-order valence-corrected chi connectivity index (χ2v) is 6.96. The Morgan fingerprint density at radius 3 is 2.25 bits per heavy atom. The second kappa shape index (κ2) is 8.02. The summed E-state index contributed by atoms with van der Waals surface area (Å²) in [5.74, 6) is -0.275. The van der Waals surface area contributed by atoms with Crippen LogP contribution in [0.5, 0.6) is 0 Å². The van der Waals surface area contributed by atoms with Crippen LogP contribution in [0.15, 0.2) is 65.6 Å². The lowest BCUT2D eigenvalue weighted by atomic mass is 10.1. The van der Waals surface area contributed by atoms with E-state index in [0.717, 1.165) is 23.3 Å². The molecule has 0 aliphatic heterocycles. The monoisotopic (exact) mass is 340 g/mol. The first-order chi connectivity index (χ1) is 11.7. The number of thioether (sulfide) groups is 1. The molecule has 3 rings (SSSR count). The molecular weight excluding hydrogens is 320 g/mol. The van der Waals surface area contributed by atoms with Gasteiger partial charge < -0.3 is 10.6 Å². The van der Waals surface area contributed by atoms with Crippen LogP contribution in [0.25, 0.3) is 0 Å². The van der Waals surface area contributed by atoms with Crippen molar-refractivity contribution in [2.75, 3.05) is 6.54 Å². The summed E-state index contributed by atoms with van der Waals surface area (Å²) in [6, 6.07) is 19.7. The van der Waals surface area contributed by atoms with Gasteiger partial charge in [-0.2, -0.15) is 0 Å². The predicted molar refractivity (Wildman–Crippen MR) is 95.7 cm³/mol. The molecule has 0 spiro atoms. The van der Waals surface area contributed by atoms with Crippen molar-refractivity contribution in [3.05, 3.63) is 66.2 Å². The molecule has 4 nitrogen and oxygen atoms in total. The minimum Gasteiger partial charge on any atom is -0.352 e. The Morgan fingerprint density at radius 2 is 1.62 bits per heavy atom. The van der Waals surface area contributed by atoms with Gasteiger partial charge in [0.15, 0.2) is 0 Å². The zero-order valence-corrected chi connectivity index (χ0v) is 14.1. The van der Waals surface area contributed by atoms with E-state index in [0.29, 0.717) is 6.04 Å². The van der Waals surface area contributed by atoms with Gasteiger partial charge in [0.2, 0.25) is 11.8 Å². The minimum atomic E-state index is -0.387. The summed E-state index contributed by atoms with van der Waals surface area (Å²) < 4.78 is 0. The van der Waals surface area contributed by atoms with E-state index in [1.54, 1.807) is 0 Å². The fourth-order valence-electron chi connectivity index (χ4n) is 2.30.